The van der Waals surface area contributed by atoms with E-state index in [4.69, 9.17) is 28.4 Å². The van der Waals surface area contributed by atoms with Gasteiger partial charge in [0.15, 0.2) is 6.29 Å². The summed E-state index contributed by atoms with van der Waals surface area (Å²) in [6, 6.07) is 0. The summed E-state index contributed by atoms with van der Waals surface area (Å²) < 4.78 is 34.1. The van der Waals surface area contributed by atoms with Gasteiger partial charge in [-0.1, -0.05) is 115 Å². The van der Waals surface area contributed by atoms with Gasteiger partial charge in [0.2, 0.25) is 0 Å². The van der Waals surface area contributed by atoms with Crippen LogP contribution >= 0.6 is 0 Å². The Morgan fingerprint density at radius 2 is 0.952 bits per heavy atom. The summed E-state index contributed by atoms with van der Waals surface area (Å²) in [5, 5.41) is 0. The Kier molecular flexibility index (Phi) is 45.3. The number of rotatable bonds is 45. The predicted octanol–water partition coefficient (Wildman–Crippen LogP) is 13.6. The number of carbonyl (C=O) groups excluding carboxylic acids is 3. The molecule has 10 nitrogen and oxygen atoms in total. The molecule has 1 atom stereocenters. The third-order valence-corrected chi connectivity index (χ3v) is 10.2. The Morgan fingerprint density at radius 1 is 0.452 bits per heavy atom. The van der Waals surface area contributed by atoms with E-state index < -0.39 is 24.3 Å². The van der Waals surface area contributed by atoms with E-state index in [1.54, 1.807) is 0 Å². The highest BCUT2D eigenvalue weighted by atomic mass is 16.7. The number of unbranched alkanes of at least 4 members (excludes halogenated alkanes) is 12. The minimum atomic E-state index is -0.782. The van der Waals surface area contributed by atoms with Gasteiger partial charge in [0, 0.05) is 32.6 Å². The van der Waals surface area contributed by atoms with Gasteiger partial charge in [0.1, 0.15) is 19.8 Å². The van der Waals surface area contributed by atoms with Gasteiger partial charge in [-0.2, -0.15) is 0 Å². The van der Waals surface area contributed by atoms with Gasteiger partial charge in [-0.3, -0.25) is 9.59 Å². The molecule has 0 aromatic heterocycles. The van der Waals surface area contributed by atoms with Crippen molar-refractivity contribution < 1.29 is 42.8 Å². The fourth-order valence-corrected chi connectivity index (χ4v) is 6.61. The van der Waals surface area contributed by atoms with Gasteiger partial charge in [0.05, 0.1) is 18.9 Å². The van der Waals surface area contributed by atoms with E-state index in [0.29, 0.717) is 32.5 Å². The van der Waals surface area contributed by atoms with Crippen LogP contribution in [0.2, 0.25) is 0 Å². The molecule has 0 N–H and O–H groups in total. The highest BCUT2D eigenvalue weighted by Gasteiger charge is 2.20. The molecule has 0 amide bonds. The first-order valence-electron chi connectivity index (χ1n) is 25.1. The molecule has 10 heteroatoms. The van der Waals surface area contributed by atoms with Crippen molar-refractivity contribution in [1.82, 2.24) is 4.90 Å². The lowest BCUT2D eigenvalue weighted by Gasteiger charge is -2.21. The molecule has 0 aliphatic carbocycles. The lowest BCUT2D eigenvalue weighted by molar-refractivity contribution is -0.161. The maximum Gasteiger partial charge on any atom is 0.508 e. The SMILES string of the molecule is CC/C=C\CCCCOC(CCC(=O)OCC(COC(=O)CCCCCCC/C=C\C/C=C\CCCCC)COC(=O)OCCCN(CCC)CCC)OCCCC/C=C\CC. The third-order valence-electron chi connectivity index (χ3n) is 10.2. The largest absolute Gasteiger partial charge is 0.508 e. The van der Waals surface area contributed by atoms with Crippen molar-refractivity contribution in [3.05, 3.63) is 48.6 Å². The van der Waals surface area contributed by atoms with E-state index in [1.807, 2.05) is 0 Å². The minimum Gasteiger partial charge on any atom is -0.465 e. The van der Waals surface area contributed by atoms with Crippen molar-refractivity contribution in [3.63, 3.8) is 0 Å². The van der Waals surface area contributed by atoms with E-state index in [9.17, 15) is 14.4 Å². The molecule has 360 valence electrons. The van der Waals surface area contributed by atoms with Crippen LogP contribution in [0.3, 0.4) is 0 Å². The quantitative estimate of drug-likeness (QED) is 0.0193. The number of hydrogen-bond donors (Lipinski definition) is 0. The molecule has 0 fully saturated rings. The Labute approximate surface area is 380 Å². The predicted molar refractivity (Wildman–Crippen MR) is 255 cm³/mol. The highest BCUT2D eigenvalue weighted by Crippen LogP contribution is 2.13. The Balaban J connectivity index is 4.95. The van der Waals surface area contributed by atoms with Gasteiger partial charge in [0.25, 0.3) is 0 Å². The van der Waals surface area contributed by atoms with Crippen LogP contribution in [0, 0.1) is 5.92 Å². The first-order chi connectivity index (χ1) is 30.4. The molecule has 0 saturated carbocycles. The van der Waals surface area contributed by atoms with Crippen molar-refractivity contribution in [3.8, 4) is 0 Å². The van der Waals surface area contributed by atoms with Crippen LogP contribution in [0.25, 0.3) is 0 Å². The van der Waals surface area contributed by atoms with Crippen LogP contribution in [0.4, 0.5) is 4.79 Å². The summed E-state index contributed by atoms with van der Waals surface area (Å²) in [5.74, 6) is -1.25. The van der Waals surface area contributed by atoms with E-state index in [-0.39, 0.29) is 38.8 Å². The summed E-state index contributed by atoms with van der Waals surface area (Å²) in [4.78, 5) is 40.5. The summed E-state index contributed by atoms with van der Waals surface area (Å²) in [6.45, 7) is 14.9. The number of ether oxygens (including phenoxy) is 6. The van der Waals surface area contributed by atoms with E-state index in [1.165, 1.54) is 25.7 Å². The summed E-state index contributed by atoms with van der Waals surface area (Å²) >= 11 is 0. The molecule has 1 unspecified atom stereocenters. The lowest BCUT2D eigenvalue weighted by atomic mass is 10.1. The van der Waals surface area contributed by atoms with Crippen molar-refractivity contribution in [2.24, 2.45) is 5.92 Å². The Bertz CT molecular complexity index is 1110. The number of nitrogens with zero attached hydrogens (tertiary/aromatic N) is 1. The highest BCUT2D eigenvalue weighted by molar-refractivity contribution is 5.69. The van der Waals surface area contributed by atoms with Gasteiger partial charge >= 0.3 is 18.1 Å². The van der Waals surface area contributed by atoms with Crippen LogP contribution in [0.15, 0.2) is 48.6 Å². The minimum absolute atomic E-state index is 0.0294. The molecule has 0 bridgehead atoms. The molecule has 0 heterocycles. The van der Waals surface area contributed by atoms with Crippen LogP contribution in [0.5, 0.6) is 0 Å². The molecule has 0 aliphatic rings. The number of allylic oxidation sites excluding steroid dienone is 8. The molecule has 0 saturated heterocycles. The fraction of sp³-hybridized carbons (Fsp3) is 0.788. The van der Waals surface area contributed by atoms with E-state index in [2.05, 4.69) is 88.1 Å². The molecule has 0 rings (SSSR count). The molecule has 0 radical (unpaired) electrons. The smallest absolute Gasteiger partial charge is 0.465 e. The molecule has 0 aliphatic heterocycles. The lowest BCUT2D eigenvalue weighted by Crippen LogP contribution is -2.28. The van der Waals surface area contributed by atoms with Crippen molar-refractivity contribution >= 4 is 18.1 Å². The topological polar surface area (TPSA) is 110 Å². The first kappa shape index (κ1) is 59.0. The molecular formula is C52H93NO9. The normalized spacial score (nSPS) is 12.5. The fourth-order valence-electron chi connectivity index (χ4n) is 6.61. The standard InChI is InChI=1S/C52H93NO9/c1-6-11-14-17-20-21-22-23-24-25-26-27-28-29-32-36-49(54)60-45-48(47-62-52(56)59-44-35-41-53(39-9-4)40-10-5)46-61-50(55)37-38-51(57-42-33-30-18-15-12-7-2)58-43-34-31-19-16-13-8-3/h12-13,15-16,20-21,23-24,48,51H,6-11,14,17-19,22,25-47H2,1-5H3/b15-12-,16-13-,21-20-,24-23-. The molecule has 0 spiro atoms. The second-order valence-corrected chi connectivity index (χ2v) is 16.3. The van der Waals surface area contributed by atoms with Gasteiger partial charge in [-0.15, -0.1) is 0 Å². The van der Waals surface area contributed by atoms with Crippen LogP contribution in [0.1, 0.15) is 195 Å². The summed E-state index contributed by atoms with van der Waals surface area (Å²) in [5.41, 5.74) is 0. The van der Waals surface area contributed by atoms with E-state index in [0.717, 1.165) is 129 Å². The second kappa shape index (κ2) is 47.5. The number of esters is 2. The molecule has 62 heavy (non-hydrogen) atoms. The third kappa shape index (κ3) is 42.4. The van der Waals surface area contributed by atoms with Crippen molar-refractivity contribution in [1.29, 1.82) is 0 Å². The van der Waals surface area contributed by atoms with Crippen LogP contribution in [-0.4, -0.2) is 88.6 Å². The first-order valence-corrected chi connectivity index (χ1v) is 25.1. The van der Waals surface area contributed by atoms with E-state index >= 15 is 0 Å². The zero-order valence-corrected chi connectivity index (χ0v) is 40.4. The van der Waals surface area contributed by atoms with Crippen molar-refractivity contribution in [2.75, 3.05) is 59.3 Å². The number of hydrogen-bond acceptors (Lipinski definition) is 10. The van der Waals surface area contributed by atoms with Crippen LogP contribution < -0.4 is 0 Å². The zero-order chi connectivity index (χ0) is 45.4. The Hall–Kier alpha value is -2.95. The maximum absolute atomic E-state index is 13.0. The molecule has 0 aromatic carbocycles. The van der Waals surface area contributed by atoms with Gasteiger partial charge in [-0.05, 0) is 122 Å². The number of carbonyl (C=O) groups is 3. The second-order valence-electron chi connectivity index (χ2n) is 16.3. The maximum atomic E-state index is 13.0. The van der Waals surface area contributed by atoms with Crippen LogP contribution in [-0.2, 0) is 38.0 Å². The summed E-state index contributed by atoms with van der Waals surface area (Å²) in [6.07, 6.45) is 40.4. The Morgan fingerprint density at radius 3 is 1.52 bits per heavy atom. The molecule has 0 aromatic rings. The van der Waals surface area contributed by atoms with Gasteiger partial charge in [-0.25, -0.2) is 4.79 Å². The van der Waals surface area contributed by atoms with Crippen molar-refractivity contribution in [2.45, 2.75) is 201 Å². The average molecular weight is 876 g/mol. The zero-order valence-electron chi connectivity index (χ0n) is 40.4. The summed E-state index contributed by atoms with van der Waals surface area (Å²) in [7, 11) is 0. The average Bonchev–Trinajstić information content (AvgIpc) is 3.27. The molecular weight excluding hydrogens is 783 g/mol. The van der Waals surface area contributed by atoms with Gasteiger partial charge < -0.3 is 33.3 Å². The monoisotopic (exact) mass is 876 g/mol.